The summed E-state index contributed by atoms with van der Waals surface area (Å²) in [5, 5.41) is 15.4. The van der Waals surface area contributed by atoms with E-state index in [1.807, 2.05) is 6.92 Å². The van der Waals surface area contributed by atoms with Crippen molar-refractivity contribution in [2.75, 3.05) is 13.1 Å². The van der Waals surface area contributed by atoms with Crippen LogP contribution in [0.3, 0.4) is 0 Å². The normalized spacial score (nSPS) is 30.6. The van der Waals surface area contributed by atoms with E-state index in [2.05, 4.69) is 10.6 Å². The minimum Gasteiger partial charge on any atom is -0.481 e. The first-order valence-corrected chi connectivity index (χ1v) is 7.26. The van der Waals surface area contributed by atoms with Gasteiger partial charge in [-0.1, -0.05) is 13.3 Å². The van der Waals surface area contributed by atoms with Crippen LogP contribution in [0.5, 0.6) is 0 Å². The standard InChI is InChI=1S/C14H24N2O3/c1-14(5-7-15-8-6-14)13(19)16-11-4-2-3-10(9-11)12(17)18/h10-11,15H,2-9H2,1H3,(H,16,19)(H,17,18). The monoisotopic (exact) mass is 268 g/mol. The van der Waals surface area contributed by atoms with Crippen molar-refractivity contribution < 1.29 is 14.7 Å². The predicted octanol–water partition coefficient (Wildman–Crippen LogP) is 1.14. The summed E-state index contributed by atoms with van der Waals surface area (Å²) in [5.41, 5.74) is -0.290. The molecule has 2 atom stereocenters. The van der Waals surface area contributed by atoms with E-state index in [1.165, 1.54) is 0 Å². The van der Waals surface area contributed by atoms with Crippen molar-refractivity contribution >= 4 is 11.9 Å². The first-order chi connectivity index (χ1) is 9.01. The molecule has 1 aliphatic carbocycles. The molecule has 2 rings (SSSR count). The second-order valence-electron chi connectivity index (χ2n) is 6.18. The molecule has 1 amide bonds. The highest BCUT2D eigenvalue weighted by Crippen LogP contribution is 2.30. The number of hydrogen-bond acceptors (Lipinski definition) is 3. The quantitative estimate of drug-likeness (QED) is 0.717. The molecule has 0 aromatic carbocycles. The first kappa shape index (κ1) is 14.3. The number of hydrogen-bond donors (Lipinski definition) is 3. The van der Waals surface area contributed by atoms with Crippen molar-refractivity contribution in [3.8, 4) is 0 Å². The van der Waals surface area contributed by atoms with Crippen LogP contribution >= 0.6 is 0 Å². The van der Waals surface area contributed by atoms with Gasteiger partial charge < -0.3 is 15.7 Å². The summed E-state index contributed by atoms with van der Waals surface area (Å²) < 4.78 is 0. The molecule has 1 heterocycles. The molecule has 5 heteroatoms. The summed E-state index contributed by atoms with van der Waals surface area (Å²) >= 11 is 0. The van der Waals surface area contributed by atoms with E-state index in [-0.39, 0.29) is 23.3 Å². The number of piperidine rings is 1. The van der Waals surface area contributed by atoms with Gasteiger partial charge in [0.1, 0.15) is 0 Å². The molecule has 1 saturated heterocycles. The maximum atomic E-state index is 12.4. The molecule has 1 saturated carbocycles. The Kier molecular flexibility index (Phi) is 4.45. The smallest absolute Gasteiger partial charge is 0.306 e. The molecule has 0 aromatic rings. The van der Waals surface area contributed by atoms with Gasteiger partial charge in [-0.05, 0) is 45.2 Å². The van der Waals surface area contributed by atoms with E-state index in [4.69, 9.17) is 5.11 Å². The third kappa shape index (κ3) is 3.47. The minimum absolute atomic E-state index is 0.0362. The number of carboxylic acid groups (broad SMARTS) is 1. The molecule has 3 N–H and O–H groups in total. The van der Waals surface area contributed by atoms with Gasteiger partial charge in [0, 0.05) is 11.5 Å². The molecule has 19 heavy (non-hydrogen) atoms. The molecule has 2 unspecified atom stereocenters. The topological polar surface area (TPSA) is 78.4 Å². The second-order valence-corrected chi connectivity index (χ2v) is 6.18. The van der Waals surface area contributed by atoms with Crippen molar-refractivity contribution in [3.63, 3.8) is 0 Å². The highest BCUT2D eigenvalue weighted by Gasteiger charge is 2.36. The Morgan fingerprint density at radius 3 is 2.58 bits per heavy atom. The van der Waals surface area contributed by atoms with Gasteiger partial charge in [0.15, 0.2) is 0 Å². The lowest BCUT2D eigenvalue weighted by molar-refractivity contribution is -0.144. The zero-order valence-electron chi connectivity index (χ0n) is 11.6. The third-order valence-corrected chi connectivity index (χ3v) is 4.61. The van der Waals surface area contributed by atoms with Gasteiger partial charge in [-0.15, -0.1) is 0 Å². The minimum atomic E-state index is -0.730. The highest BCUT2D eigenvalue weighted by molar-refractivity contribution is 5.82. The summed E-state index contributed by atoms with van der Waals surface area (Å²) in [4.78, 5) is 23.4. The van der Waals surface area contributed by atoms with E-state index in [0.717, 1.165) is 45.2 Å². The average molecular weight is 268 g/mol. The zero-order chi connectivity index (χ0) is 13.9. The molecule has 5 nitrogen and oxygen atoms in total. The van der Waals surface area contributed by atoms with Crippen LogP contribution in [0.1, 0.15) is 45.4 Å². The van der Waals surface area contributed by atoms with Crippen LogP contribution in [0.4, 0.5) is 0 Å². The summed E-state index contributed by atoms with van der Waals surface area (Å²) in [6.07, 6.45) is 4.82. The Bertz CT molecular complexity index is 351. The average Bonchev–Trinajstić information content (AvgIpc) is 2.40. The third-order valence-electron chi connectivity index (χ3n) is 4.61. The second kappa shape index (κ2) is 5.90. The Labute approximate surface area is 114 Å². The highest BCUT2D eigenvalue weighted by atomic mass is 16.4. The molecule has 1 aliphatic heterocycles. The van der Waals surface area contributed by atoms with Crippen molar-refractivity contribution in [3.05, 3.63) is 0 Å². The number of amides is 1. The van der Waals surface area contributed by atoms with Crippen LogP contribution in [0.15, 0.2) is 0 Å². The van der Waals surface area contributed by atoms with Gasteiger partial charge in [-0.3, -0.25) is 9.59 Å². The molecule has 0 aromatic heterocycles. The fraction of sp³-hybridized carbons (Fsp3) is 0.857. The number of aliphatic carboxylic acids is 1. The molecule has 0 radical (unpaired) electrons. The molecular weight excluding hydrogens is 244 g/mol. The van der Waals surface area contributed by atoms with Gasteiger partial charge in [0.25, 0.3) is 0 Å². The number of carbonyl (C=O) groups excluding carboxylic acids is 1. The summed E-state index contributed by atoms with van der Waals surface area (Å²) in [5.74, 6) is -0.919. The van der Waals surface area contributed by atoms with Gasteiger partial charge >= 0.3 is 5.97 Å². The number of carbonyl (C=O) groups is 2. The van der Waals surface area contributed by atoms with E-state index < -0.39 is 5.97 Å². The van der Waals surface area contributed by atoms with Crippen LogP contribution < -0.4 is 10.6 Å². The van der Waals surface area contributed by atoms with Crippen LogP contribution in [-0.2, 0) is 9.59 Å². The van der Waals surface area contributed by atoms with E-state index in [0.29, 0.717) is 6.42 Å². The van der Waals surface area contributed by atoms with Crippen molar-refractivity contribution in [2.45, 2.75) is 51.5 Å². The van der Waals surface area contributed by atoms with E-state index >= 15 is 0 Å². The van der Waals surface area contributed by atoms with Gasteiger partial charge in [0.2, 0.25) is 5.91 Å². The Hall–Kier alpha value is -1.10. The lowest BCUT2D eigenvalue weighted by atomic mass is 9.79. The summed E-state index contributed by atoms with van der Waals surface area (Å²) in [7, 11) is 0. The largest absolute Gasteiger partial charge is 0.481 e. The number of rotatable bonds is 3. The van der Waals surface area contributed by atoms with Crippen LogP contribution in [-0.4, -0.2) is 36.1 Å². The van der Waals surface area contributed by atoms with Gasteiger partial charge in [0.05, 0.1) is 5.92 Å². The van der Waals surface area contributed by atoms with Crippen LogP contribution in [0, 0.1) is 11.3 Å². The SMILES string of the molecule is CC1(C(=O)NC2CCCC(C(=O)O)C2)CCNCC1. The lowest BCUT2D eigenvalue weighted by Crippen LogP contribution is -2.50. The van der Waals surface area contributed by atoms with Crippen LogP contribution in [0.2, 0.25) is 0 Å². The van der Waals surface area contributed by atoms with Crippen molar-refractivity contribution in [1.82, 2.24) is 10.6 Å². The molecular formula is C14H24N2O3. The Balaban J connectivity index is 1.89. The lowest BCUT2D eigenvalue weighted by Gasteiger charge is -2.35. The summed E-state index contributed by atoms with van der Waals surface area (Å²) in [6, 6.07) is 0.0362. The predicted molar refractivity (Wildman–Crippen MR) is 71.7 cm³/mol. The molecule has 2 aliphatic rings. The number of carboxylic acids is 1. The maximum absolute atomic E-state index is 12.4. The van der Waals surface area contributed by atoms with Crippen LogP contribution in [0.25, 0.3) is 0 Å². The number of nitrogens with one attached hydrogen (secondary N) is 2. The zero-order valence-corrected chi connectivity index (χ0v) is 11.6. The van der Waals surface area contributed by atoms with Crippen molar-refractivity contribution in [1.29, 1.82) is 0 Å². The summed E-state index contributed by atoms with van der Waals surface area (Å²) in [6.45, 7) is 3.78. The van der Waals surface area contributed by atoms with E-state index in [9.17, 15) is 9.59 Å². The fourth-order valence-electron chi connectivity index (χ4n) is 3.11. The van der Waals surface area contributed by atoms with E-state index in [1.54, 1.807) is 0 Å². The van der Waals surface area contributed by atoms with Crippen molar-refractivity contribution in [2.24, 2.45) is 11.3 Å². The first-order valence-electron chi connectivity index (χ1n) is 7.26. The molecule has 0 spiro atoms. The molecule has 108 valence electrons. The molecule has 0 bridgehead atoms. The van der Waals surface area contributed by atoms with Gasteiger partial charge in [-0.25, -0.2) is 0 Å². The van der Waals surface area contributed by atoms with Gasteiger partial charge in [-0.2, -0.15) is 0 Å². The fourth-order valence-corrected chi connectivity index (χ4v) is 3.11. The Morgan fingerprint density at radius 2 is 1.95 bits per heavy atom. The maximum Gasteiger partial charge on any atom is 0.306 e. The molecule has 2 fully saturated rings. The Morgan fingerprint density at radius 1 is 1.26 bits per heavy atom.